The summed E-state index contributed by atoms with van der Waals surface area (Å²) >= 11 is 0. The van der Waals surface area contributed by atoms with Crippen LogP contribution >= 0.6 is 0 Å². The van der Waals surface area contributed by atoms with Gasteiger partial charge in [0.2, 0.25) is 0 Å². The van der Waals surface area contributed by atoms with Crippen LogP contribution in [-0.2, 0) is 4.84 Å². The molecule has 178 valence electrons. The molecule has 2 aromatic rings. The molecule has 8 heteroatoms. The highest BCUT2D eigenvalue weighted by molar-refractivity contribution is 5.38. The minimum atomic E-state index is -1.05. The largest absolute Gasteiger partial charge is 0.508 e. The molecule has 0 saturated heterocycles. The number of nitrogens with zero attached hydrogens (tertiary/aromatic N) is 1. The Morgan fingerprint density at radius 2 is 1.22 bits per heavy atom. The van der Waals surface area contributed by atoms with E-state index in [1.807, 2.05) is 41.5 Å². The first-order valence-corrected chi connectivity index (χ1v) is 10.6. The van der Waals surface area contributed by atoms with Crippen LogP contribution in [0.3, 0.4) is 0 Å². The van der Waals surface area contributed by atoms with Crippen molar-refractivity contribution in [2.75, 3.05) is 13.1 Å². The summed E-state index contributed by atoms with van der Waals surface area (Å²) in [6.07, 6.45) is -1.64. The number of benzene rings is 2. The Balaban J connectivity index is 2.33. The van der Waals surface area contributed by atoms with Gasteiger partial charge in [0.15, 0.2) is 0 Å². The predicted molar refractivity (Wildman–Crippen MR) is 123 cm³/mol. The second-order valence-corrected chi connectivity index (χ2v) is 10.0. The summed E-state index contributed by atoms with van der Waals surface area (Å²) in [4.78, 5) is 6.32. The summed E-state index contributed by atoms with van der Waals surface area (Å²) in [5.41, 5.74) is 0.183. The van der Waals surface area contributed by atoms with Gasteiger partial charge >= 0.3 is 0 Å². The molecule has 0 fully saturated rings. The topological polar surface area (TPSA) is 126 Å². The van der Waals surface area contributed by atoms with Gasteiger partial charge in [-0.05, 0) is 76.9 Å². The van der Waals surface area contributed by atoms with Crippen LogP contribution in [-0.4, -0.2) is 54.8 Å². The van der Waals surface area contributed by atoms with Crippen molar-refractivity contribution in [1.82, 2.24) is 10.4 Å². The van der Waals surface area contributed by atoms with Crippen molar-refractivity contribution < 1.29 is 30.4 Å². The molecule has 0 spiro atoms. The molecule has 0 bridgehead atoms. The number of hydrogen-bond donors (Lipinski definition) is 6. The number of aromatic hydroxyl groups is 4. The van der Waals surface area contributed by atoms with E-state index in [4.69, 9.17) is 4.84 Å². The zero-order valence-electron chi connectivity index (χ0n) is 19.6. The molecule has 2 aromatic carbocycles. The van der Waals surface area contributed by atoms with E-state index in [1.165, 1.54) is 36.4 Å². The lowest BCUT2D eigenvalue weighted by atomic mass is 10.0. The SMILES string of the molecule is CC(C)(C)NCC(ON(CC(O)c1cc(O)cc(O)c1)C(C)(C)C)c1cc(O)cc(O)c1. The number of hydroxylamine groups is 2. The highest BCUT2D eigenvalue weighted by Gasteiger charge is 2.30. The number of rotatable bonds is 8. The second kappa shape index (κ2) is 9.95. The molecule has 0 aliphatic rings. The molecule has 2 rings (SSSR count). The van der Waals surface area contributed by atoms with Gasteiger partial charge in [-0.1, -0.05) is 0 Å². The summed E-state index contributed by atoms with van der Waals surface area (Å²) in [6, 6.07) is 8.26. The summed E-state index contributed by atoms with van der Waals surface area (Å²) < 4.78 is 0. The Bertz CT molecular complexity index is 864. The van der Waals surface area contributed by atoms with Crippen molar-refractivity contribution in [3.63, 3.8) is 0 Å². The first kappa shape index (κ1) is 25.7. The average molecular weight is 449 g/mol. The normalized spacial score (nSPS) is 14.5. The van der Waals surface area contributed by atoms with Crippen LogP contribution in [0.15, 0.2) is 36.4 Å². The number of nitrogens with one attached hydrogen (secondary N) is 1. The second-order valence-electron chi connectivity index (χ2n) is 10.0. The Labute approximate surface area is 189 Å². The molecule has 0 aliphatic heterocycles. The third-order valence-electron chi connectivity index (χ3n) is 4.77. The van der Waals surface area contributed by atoms with Gasteiger partial charge in [0, 0.05) is 29.8 Å². The number of aliphatic hydroxyl groups is 1. The molecule has 0 radical (unpaired) electrons. The monoisotopic (exact) mass is 448 g/mol. The predicted octanol–water partition coefficient (Wildman–Crippen LogP) is 3.70. The van der Waals surface area contributed by atoms with E-state index in [-0.39, 0.29) is 35.1 Å². The number of phenols is 4. The molecule has 6 N–H and O–H groups in total. The van der Waals surface area contributed by atoms with E-state index < -0.39 is 17.7 Å². The van der Waals surface area contributed by atoms with Crippen molar-refractivity contribution in [2.24, 2.45) is 0 Å². The Hall–Kier alpha value is -2.52. The zero-order chi connectivity index (χ0) is 24.3. The quantitative estimate of drug-likeness (QED) is 0.338. The number of aliphatic hydroxyl groups excluding tert-OH is 1. The van der Waals surface area contributed by atoms with Crippen molar-refractivity contribution in [2.45, 2.75) is 64.8 Å². The number of hydrogen-bond acceptors (Lipinski definition) is 8. The molecule has 2 unspecified atom stereocenters. The molecule has 32 heavy (non-hydrogen) atoms. The maximum absolute atomic E-state index is 10.8. The summed E-state index contributed by atoms with van der Waals surface area (Å²) in [5, 5.41) is 55.2. The fourth-order valence-electron chi connectivity index (χ4n) is 3.12. The summed E-state index contributed by atoms with van der Waals surface area (Å²) in [5.74, 6) is -0.460. The lowest BCUT2D eigenvalue weighted by Gasteiger charge is -2.39. The van der Waals surface area contributed by atoms with Crippen molar-refractivity contribution in [3.8, 4) is 23.0 Å². The van der Waals surface area contributed by atoms with Crippen molar-refractivity contribution >= 4 is 0 Å². The first-order valence-electron chi connectivity index (χ1n) is 10.6. The van der Waals surface area contributed by atoms with Gasteiger partial charge in [0.25, 0.3) is 0 Å². The lowest BCUT2D eigenvalue weighted by molar-refractivity contribution is -0.253. The molecule has 2 atom stereocenters. The minimum Gasteiger partial charge on any atom is -0.508 e. The fourth-order valence-corrected chi connectivity index (χ4v) is 3.12. The fraction of sp³-hybridized carbons (Fsp3) is 0.500. The standard InChI is InChI=1S/C24H36N2O6/c1-23(2,3)25-13-22(16-9-19(29)12-20(30)10-16)32-26(24(4,5)6)14-21(31)15-7-17(27)11-18(28)8-15/h7-12,21-22,25,27-31H,13-14H2,1-6H3. The molecule has 8 nitrogen and oxygen atoms in total. The average Bonchev–Trinajstić information content (AvgIpc) is 2.60. The smallest absolute Gasteiger partial charge is 0.119 e. The summed E-state index contributed by atoms with van der Waals surface area (Å²) in [7, 11) is 0. The minimum absolute atomic E-state index is 0.0449. The van der Waals surface area contributed by atoms with Crippen LogP contribution in [0.25, 0.3) is 0 Å². The van der Waals surface area contributed by atoms with E-state index in [0.29, 0.717) is 17.7 Å². The third kappa shape index (κ3) is 7.87. The Kier molecular flexibility index (Phi) is 8.01. The van der Waals surface area contributed by atoms with Gasteiger partial charge < -0.3 is 30.8 Å². The Morgan fingerprint density at radius 3 is 1.62 bits per heavy atom. The lowest BCUT2D eigenvalue weighted by Crippen LogP contribution is -2.47. The number of β-amino-alcohol motifs (C(OH)–C–C–N with tert-alkyl or cyclic N) is 1. The van der Waals surface area contributed by atoms with Gasteiger partial charge in [0.05, 0.1) is 12.6 Å². The van der Waals surface area contributed by atoms with Gasteiger partial charge in [-0.2, -0.15) is 5.06 Å². The maximum atomic E-state index is 10.8. The van der Waals surface area contributed by atoms with Crippen LogP contribution in [0.2, 0.25) is 0 Å². The van der Waals surface area contributed by atoms with Crippen LogP contribution in [0.4, 0.5) is 0 Å². The Morgan fingerprint density at radius 1 is 0.781 bits per heavy atom. The molecule has 0 amide bonds. The highest BCUT2D eigenvalue weighted by Crippen LogP contribution is 2.32. The highest BCUT2D eigenvalue weighted by atomic mass is 16.7. The summed E-state index contributed by atoms with van der Waals surface area (Å²) in [6.45, 7) is 12.2. The molecule has 0 aromatic heterocycles. The molecular weight excluding hydrogens is 412 g/mol. The molecular formula is C24H36N2O6. The van der Waals surface area contributed by atoms with Crippen molar-refractivity contribution in [3.05, 3.63) is 47.5 Å². The van der Waals surface area contributed by atoms with E-state index in [9.17, 15) is 25.5 Å². The molecule has 0 saturated carbocycles. The zero-order valence-corrected chi connectivity index (χ0v) is 19.6. The number of phenolic OH excluding ortho intramolecular Hbond substituents is 4. The van der Waals surface area contributed by atoms with Gasteiger partial charge in [0.1, 0.15) is 29.1 Å². The van der Waals surface area contributed by atoms with Crippen molar-refractivity contribution in [1.29, 1.82) is 0 Å². The van der Waals surface area contributed by atoms with Gasteiger partial charge in [-0.25, -0.2) is 0 Å². The van der Waals surface area contributed by atoms with E-state index in [2.05, 4.69) is 5.32 Å². The van der Waals surface area contributed by atoms with Crippen LogP contribution in [0, 0.1) is 0 Å². The molecule has 0 aliphatic carbocycles. The van der Waals surface area contributed by atoms with E-state index in [0.717, 1.165) is 0 Å². The van der Waals surface area contributed by atoms with Crippen LogP contribution in [0.1, 0.15) is 64.9 Å². The maximum Gasteiger partial charge on any atom is 0.119 e. The first-order chi connectivity index (χ1) is 14.6. The van der Waals surface area contributed by atoms with Gasteiger partial charge in [-0.3, -0.25) is 4.84 Å². The van der Waals surface area contributed by atoms with E-state index in [1.54, 1.807) is 5.06 Å². The van der Waals surface area contributed by atoms with E-state index >= 15 is 0 Å². The third-order valence-corrected chi connectivity index (χ3v) is 4.77. The molecule has 0 heterocycles. The van der Waals surface area contributed by atoms with Gasteiger partial charge in [-0.15, -0.1) is 0 Å². The van der Waals surface area contributed by atoms with Crippen LogP contribution in [0.5, 0.6) is 23.0 Å². The van der Waals surface area contributed by atoms with Crippen LogP contribution < -0.4 is 5.32 Å².